The minimum absolute atomic E-state index is 0.293. The summed E-state index contributed by atoms with van der Waals surface area (Å²) in [6.07, 6.45) is -2.83. The van der Waals surface area contributed by atoms with E-state index in [0.29, 0.717) is 0 Å². The number of methoxy groups -OCH3 is 2. The van der Waals surface area contributed by atoms with E-state index in [1.54, 1.807) is 0 Å². The zero-order chi connectivity index (χ0) is 10.7. The van der Waals surface area contributed by atoms with Crippen molar-refractivity contribution in [1.82, 2.24) is 4.98 Å². The largest absolute Gasteiger partial charge is 0.495 e. The highest BCUT2D eigenvalue weighted by atomic mass is 19.3. The molecule has 0 bridgehead atoms. The van der Waals surface area contributed by atoms with E-state index in [-0.39, 0.29) is 5.75 Å². The van der Waals surface area contributed by atoms with Crippen LogP contribution in [0.3, 0.4) is 0 Å². The topological polar surface area (TPSA) is 31.4 Å². The molecule has 6 heteroatoms. The van der Waals surface area contributed by atoms with Crippen LogP contribution in [-0.4, -0.2) is 19.2 Å². The summed E-state index contributed by atoms with van der Waals surface area (Å²) >= 11 is 0. The molecule has 0 saturated heterocycles. The van der Waals surface area contributed by atoms with E-state index in [1.807, 2.05) is 0 Å². The van der Waals surface area contributed by atoms with Gasteiger partial charge in [0, 0.05) is 6.07 Å². The molecule has 0 spiro atoms. The van der Waals surface area contributed by atoms with Crippen molar-refractivity contribution in [1.29, 1.82) is 0 Å². The van der Waals surface area contributed by atoms with E-state index >= 15 is 0 Å². The molecule has 0 N–H and O–H groups in total. The van der Waals surface area contributed by atoms with Crippen molar-refractivity contribution in [2.75, 3.05) is 14.2 Å². The molecular weight excluding hydrogens is 199 g/mol. The third-order valence-corrected chi connectivity index (χ3v) is 1.56. The van der Waals surface area contributed by atoms with Crippen LogP contribution in [0.2, 0.25) is 0 Å². The molecule has 1 aromatic heterocycles. The second-order valence-corrected chi connectivity index (χ2v) is 2.37. The van der Waals surface area contributed by atoms with E-state index in [1.165, 1.54) is 0 Å². The van der Waals surface area contributed by atoms with Crippen LogP contribution in [0.15, 0.2) is 6.07 Å². The second kappa shape index (κ2) is 4.17. The lowest BCUT2D eigenvalue weighted by Gasteiger charge is -2.08. The smallest absolute Gasteiger partial charge is 0.284 e. The minimum Gasteiger partial charge on any atom is -0.495 e. The molecule has 1 aromatic rings. The minimum atomic E-state index is -2.83. The number of pyridine rings is 1. The number of rotatable bonds is 3. The van der Waals surface area contributed by atoms with E-state index in [0.717, 1.165) is 20.3 Å². The molecule has 14 heavy (non-hydrogen) atoms. The zero-order valence-corrected chi connectivity index (χ0v) is 7.55. The summed E-state index contributed by atoms with van der Waals surface area (Å²) in [6, 6.07) is 0.813. The van der Waals surface area contributed by atoms with Crippen LogP contribution in [0.25, 0.3) is 0 Å². The number of hydrogen-bond donors (Lipinski definition) is 0. The number of hydrogen-bond acceptors (Lipinski definition) is 3. The molecule has 78 valence electrons. The fraction of sp³-hybridized carbons (Fsp3) is 0.375. The first kappa shape index (κ1) is 10.6. The van der Waals surface area contributed by atoms with Gasteiger partial charge in [-0.3, -0.25) is 0 Å². The average Bonchev–Trinajstić information content (AvgIpc) is 2.16. The predicted octanol–water partition coefficient (Wildman–Crippen LogP) is 2.18. The van der Waals surface area contributed by atoms with Gasteiger partial charge in [0.05, 0.1) is 14.2 Å². The summed E-state index contributed by atoms with van der Waals surface area (Å²) in [5.41, 5.74) is -0.634. The van der Waals surface area contributed by atoms with Crippen molar-refractivity contribution in [3.05, 3.63) is 17.6 Å². The van der Waals surface area contributed by atoms with Gasteiger partial charge in [-0.15, -0.1) is 0 Å². The normalized spacial score (nSPS) is 10.4. The van der Waals surface area contributed by atoms with Gasteiger partial charge in [0.1, 0.15) is 5.75 Å². The van der Waals surface area contributed by atoms with E-state index in [4.69, 9.17) is 0 Å². The highest BCUT2D eigenvalue weighted by molar-refractivity contribution is 5.33. The van der Waals surface area contributed by atoms with Crippen molar-refractivity contribution in [3.8, 4) is 11.6 Å². The molecule has 0 atom stereocenters. The fourth-order valence-corrected chi connectivity index (χ4v) is 0.932. The fourth-order valence-electron chi connectivity index (χ4n) is 0.932. The van der Waals surface area contributed by atoms with E-state index < -0.39 is 23.8 Å². The number of nitrogens with zero attached hydrogens (tertiary/aromatic N) is 1. The lowest BCUT2D eigenvalue weighted by atomic mass is 10.3. The van der Waals surface area contributed by atoms with Gasteiger partial charge in [0.2, 0.25) is 0 Å². The lowest BCUT2D eigenvalue weighted by molar-refractivity contribution is 0.139. The maximum absolute atomic E-state index is 13.0. The molecule has 0 amide bonds. The van der Waals surface area contributed by atoms with Crippen LogP contribution in [0.1, 0.15) is 12.1 Å². The maximum atomic E-state index is 13.0. The standard InChI is InChI=1S/C8H8F3NO2/c1-13-5-3-4(9)8(14-2)12-6(5)7(10)11/h3,7H,1-2H3. The molecule has 0 unspecified atom stereocenters. The highest BCUT2D eigenvalue weighted by Crippen LogP contribution is 2.30. The summed E-state index contributed by atoms with van der Waals surface area (Å²) in [5, 5.41) is 0. The van der Waals surface area contributed by atoms with E-state index in [2.05, 4.69) is 14.5 Å². The third-order valence-electron chi connectivity index (χ3n) is 1.56. The van der Waals surface area contributed by atoms with Crippen LogP contribution in [0.4, 0.5) is 13.2 Å². The quantitative estimate of drug-likeness (QED) is 0.761. The summed E-state index contributed by atoms with van der Waals surface area (Å²) in [6.45, 7) is 0. The Morgan fingerprint density at radius 1 is 1.29 bits per heavy atom. The van der Waals surface area contributed by atoms with Crippen LogP contribution in [0.5, 0.6) is 11.6 Å². The first-order chi connectivity index (χ1) is 6.60. The molecule has 1 rings (SSSR count). The highest BCUT2D eigenvalue weighted by Gasteiger charge is 2.19. The van der Waals surface area contributed by atoms with E-state index in [9.17, 15) is 13.2 Å². The Morgan fingerprint density at radius 2 is 1.93 bits per heavy atom. The van der Waals surface area contributed by atoms with Crippen molar-refractivity contribution < 1.29 is 22.6 Å². The molecule has 0 aliphatic heterocycles. The SMILES string of the molecule is COc1cc(F)c(OC)nc1C(F)F. The number of halogens is 3. The van der Waals surface area contributed by atoms with Crippen LogP contribution >= 0.6 is 0 Å². The van der Waals surface area contributed by atoms with Crippen molar-refractivity contribution in [2.45, 2.75) is 6.43 Å². The van der Waals surface area contributed by atoms with Crippen molar-refractivity contribution in [2.24, 2.45) is 0 Å². The molecule has 0 fully saturated rings. The van der Waals surface area contributed by atoms with Gasteiger partial charge < -0.3 is 9.47 Å². The maximum Gasteiger partial charge on any atom is 0.284 e. The Hall–Kier alpha value is -1.46. The third kappa shape index (κ3) is 1.89. The molecule has 0 saturated carbocycles. The van der Waals surface area contributed by atoms with Crippen LogP contribution in [0, 0.1) is 5.82 Å². The van der Waals surface area contributed by atoms with Gasteiger partial charge in [0.15, 0.2) is 11.5 Å². The molecule has 0 radical (unpaired) electrons. The zero-order valence-electron chi connectivity index (χ0n) is 7.55. The van der Waals surface area contributed by atoms with Gasteiger partial charge in [-0.05, 0) is 0 Å². The molecule has 3 nitrogen and oxygen atoms in total. The van der Waals surface area contributed by atoms with Gasteiger partial charge >= 0.3 is 0 Å². The van der Waals surface area contributed by atoms with Gasteiger partial charge in [-0.2, -0.15) is 0 Å². The summed E-state index contributed by atoms with van der Waals surface area (Å²) in [7, 11) is 2.31. The molecule has 1 heterocycles. The number of aromatic nitrogens is 1. The Bertz CT molecular complexity index is 331. The van der Waals surface area contributed by atoms with Crippen molar-refractivity contribution in [3.63, 3.8) is 0 Å². The van der Waals surface area contributed by atoms with Gasteiger partial charge in [0.25, 0.3) is 12.3 Å². The molecular formula is C8H8F3NO2. The summed E-state index contributed by atoms with van der Waals surface area (Å²) < 4.78 is 46.7. The lowest BCUT2D eigenvalue weighted by Crippen LogP contribution is -2.01. The summed E-state index contributed by atoms with van der Waals surface area (Å²) in [5.74, 6) is -1.60. The van der Waals surface area contributed by atoms with Gasteiger partial charge in [-0.1, -0.05) is 0 Å². The monoisotopic (exact) mass is 207 g/mol. The molecule has 0 aromatic carbocycles. The molecule has 0 aliphatic carbocycles. The van der Waals surface area contributed by atoms with Crippen LogP contribution < -0.4 is 9.47 Å². The Labute approximate surface area is 78.5 Å². The first-order valence-corrected chi connectivity index (χ1v) is 3.66. The Morgan fingerprint density at radius 3 is 2.36 bits per heavy atom. The van der Waals surface area contributed by atoms with Crippen molar-refractivity contribution >= 4 is 0 Å². The average molecular weight is 207 g/mol. The number of ether oxygens (including phenoxy) is 2. The predicted molar refractivity (Wildman–Crippen MR) is 42.3 cm³/mol. The summed E-state index contributed by atoms with van der Waals surface area (Å²) in [4.78, 5) is 3.29. The number of alkyl halides is 2. The van der Waals surface area contributed by atoms with Crippen LogP contribution in [-0.2, 0) is 0 Å². The Kier molecular flexibility index (Phi) is 3.16. The Balaban J connectivity index is 3.25. The molecule has 0 aliphatic rings. The van der Waals surface area contributed by atoms with Gasteiger partial charge in [-0.25, -0.2) is 18.2 Å². The first-order valence-electron chi connectivity index (χ1n) is 3.66. The second-order valence-electron chi connectivity index (χ2n) is 2.37.